The van der Waals surface area contributed by atoms with Crippen LogP contribution in [-0.2, 0) is 9.47 Å². The van der Waals surface area contributed by atoms with Crippen molar-refractivity contribution < 1.29 is 9.47 Å². The molecule has 12 heavy (non-hydrogen) atoms. The molecule has 2 heterocycles. The van der Waals surface area contributed by atoms with Crippen molar-refractivity contribution in [1.82, 2.24) is 0 Å². The molecule has 0 aromatic heterocycles. The van der Waals surface area contributed by atoms with E-state index in [1.165, 1.54) is 19.3 Å². The van der Waals surface area contributed by atoms with Gasteiger partial charge in [0.05, 0.1) is 18.1 Å². The zero-order valence-corrected chi connectivity index (χ0v) is 8.52. The van der Waals surface area contributed by atoms with Crippen molar-refractivity contribution in [2.75, 3.05) is 13.2 Å². The largest absolute Gasteiger partial charge is 0.381 e. The lowest BCUT2D eigenvalue weighted by molar-refractivity contribution is 0.0623. The van der Waals surface area contributed by atoms with Gasteiger partial charge in [0.1, 0.15) is 8.80 Å². The molecule has 2 nitrogen and oxygen atoms in total. The molecule has 3 unspecified atom stereocenters. The summed E-state index contributed by atoms with van der Waals surface area (Å²) in [7, 11) is -0.937. The Labute approximate surface area is 75.2 Å². The third-order valence-electron chi connectivity index (χ3n) is 2.70. The van der Waals surface area contributed by atoms with Gasteiger partial charge < -0.3 is 9.47 Å². The van der Waals surface area contributed by atoms with E-state index in [0.29, 0.717) is 11.5 Å². The van der Waals surface area contributed by atoms with Crippen LogP contribution >= 0.6 is 0 Å². The predicted octanol–water partition coefficient (Wildman–Crippen LogP) is 0.985. The predicted molar refractivity (Wildman–Crippen MR) is 50.7 cm³/mol. The highest BCUT2D eigenvalue weighted by Crippen LogP contribution is 2.23. The summed E-state index contributed by atoms with van der Waals surface area (Å²) in [4.78, 5) is 0. The Kier molecular flexibility index (Phi) is 2.63. The van der Waals surface area contributed by atoms with Crippen molar-refractivity contribution >= 4 is 8.80 Å². The first kappa shape index (κ1) is 8.47. The second-order valence-electron chi connectivity index (χ2n) is 3.59. The van der Waals surface area contributed by atoms with Gasteiger partial charge in [-0.05, 0) is 19.3 Å². The number of ether oxygens (including phenoxy) is 2. The summed E-state index contributed by atoms with van der Waals surface area (Å²) in [5.41, 5.74) is 3.20. The van der Waals surface area contributed by atoms with E-state index in [0.717, 1.165) is 13.2 Å². The van der Waals surface area contributed by atoms with E-state index in [1.54, 1.807) is 0 Å². The Morgan fingerprint density at radius 1 is 1.25 bits per heavy atom. The molecule has 0 aromatic rings. The maximum absolute atomic E-state index is 5.74. The summed E-state index contributed by atoms with van der Waals surface area (Å²) >= 11 is 0. The highest BCUT2D eigenvalue weighted by molar-refractivity contribution is 6.67. The van der Waals surface area contributed by atoms with Crippen molar-refractivity contribution in [2.24, 2.45) is 0 Å². The van der Waals surface area contributed by atoms with Crippen LogP contribution in [-0.4, -0.2) is 33.5 Å². The van der Waals surface area contributed by atoms with Gasteiger partial charge in [0.25, 0.3) is 0 Å². The van der Waals surface area contributed by atoms with E-state index in [-0.39, 0.29) is 0 Å². The number of rotatable bonds is 3. The Morgan fingerprint density at radius 2 is 2.08 bits per heavy atom. The number of hydrogen-bond donors (Lipinski definition) is 0. The van der Waals surface area contributed by atoms with Crippen LogP contribution in [0, 0.1) is 0 Å². The summed E-state index contributed by atoms with van der Waals surface area (Å²) in [6.07, 6.45) is 3.80. The normalized spacial score (nSPS) is 37.3. The van der Waals surface area contributed by atoms with Crippen LogP contribution < -0.4 is 0 Å². The minimum absolute atomic E-state index is 0.517. The molecule has 0 spiro atoms. The van der Waals surface area contributed by atoms with Crippen molar-refractivity contribution in [3.05, 3.63) is 12.3 Å². The fourth-order valence-corrected chi connectivity index (χ4v) is 4.51. The standard InChI is InChI=1S/C9H16O2Si/c1-2-12(9-7-11-9)8-5-3-4-6-10-8/h2,8-9,12H,1,3-7H2. The second-order valence-corrected chi connectivity index (χ2v) is 6.70. The molecule has 68 valence electrons. The lowest BCUT2D eigenvalue weighted by atomic mass is 10.2. The second kappa shape index (κ2) is 3.73. The van der Waals surface area contributed by atoms with E-state index in [1.807, 2.05) is 0 Å². The van der Waals surface area contributed by atoms with Crippen molar-refractivity contribution in [3.8, 4) is 0 Å². The smallest absolute Gasteiger partial charge is 0.130 e. The van der Waals surface area contributed by atoms with Crippen LogP contribution in [0.4, 0.5) is 0 Å². The average molecular weight is 184 g/mol. The summed E-state index contributed by atoms with van der Waals surface area (Å²) in [6.45, 7) is 5.81. The Bertz CT molecular complexity index is 162. The van der Waals surface area contributed by atoms with Crippen LogP contribution in [0.25, 0.3) is 0 Å². The third kappa shape index (κ3) is 1.79. The maximum Gasteiger partial charge on any atom is 0.130 e. The first-order valence-electron chi connectivity index (χ1n) is 4.77. The third-order valence-corrected chi connectivity index (χ3v) is 5.88. The minimum Gasteiger partial charge on any atom is -0.381 e. The van der Waals surface area contributed by atoms with Gasteiger partial charge in [0.2, 0.25) is 0 Å². The SMILES string of the molecule is C=C[SiH](C1CCCCO1)C1CO1. The number of epoxide rings is 1. The minimum atomic E-state index is -0.937. The van der Waals surface area contributed by atoms with Crippen LogP contribution in [0.5, 0.6) is 0 Å². The fourth-order valence-electron chi connectivity index (χ4n) is 1.89. The molecule has 3 atom stereocenters. The van der Waals surface area contributed by atoms with E-state index >= 15 is 0 Å². The molecule has 2 saturated heterocycles. The van der Waals surface area contributed by atoms with Gasteiger partial charge in [0.15, 0.2) is 0 Å². The Balaban J connectivity index is 1.89. The zero-order valence-electron chi connectivity index (χ0n) is 7.37. The molecule has 0 aromatic carbocycles. The summed E-state index contributed by atoms with van der Waals surface area (Å²) in [5, 5.41) is 0. The maximum atomic E-state index is 5.74. The molecule has 0 aliphatic carbocycles. The van der Waals surface area contributed by atoms with E-state index < -0.39 is 8.80 Å². The average Bonchev–Trinajstić information content (AvgIpc) is 2.92. The Hall–Kier alpha value is -0.123. The highest BCUT2D eigenvalue weighted by Gasteiger charge is 2.38. The van der Waals surface area contributed by atoms with E-state index in [4.69, 9.17) is 9.47 Å². The summed E-state index contributed by atoms with van der Waals surface area (Å²) in [5.74, 6) is 0. The van der Waals surface area contributed by atoms with Gasteiger partial charge in [-0.15, -0.1) is 6.58 Å². The monoisotopic (exact) mass is 184 g/mol. The first-order valence-corrected chi connectivity index (χ1v) is 6.77. The Morgan fingerprint density at radius 3 is 2.58 bits per heavy atom. The first-order chi connectivity index (χ1) is 5.92. The molecule has 0 radical (unpaired) electrons. The van der Waals surface area contributed by atoms with Crippen molar-refractivity contribution in [1.29, 1.82) is 0 Å². The molecule has 0 amide bonds. The van der Waals surface area contributed by atoms with Crippen LogP contribution in [0.3, 0.4) is 0 Å². The van der Waals surface area contributed by atoms with E-state index in [2.05, 4.69) is 12.3 Å². The van der Waals surface area contributed by atoms with Crippen LogP contribution in [0.1, 0.15) is 19.3 Å². The quantitative estimate of drug-likeness (QED) is 0.482. The molecule has 3 heteroatoms. The topological polar surface area (TPSA) is 21.8 Å². The molecular weight excluding hydrogens is 168 g/mol. The number of hydrogen-bond acceptors (Lipinski definition) is 2. The van der Waals surface area contributed by atoms with Gasteiger partial charge in [-0.2, -0.15) is 0 Å². The summed E-state index contributed by atoms with van der Waals surface area (Å²) in [6, 6.07) is 0. The van der Waals surface area contributed by atoms with Gasteiger partial charge in [-0.25, -0.2) is 0 Å². The van der Waals surface area contributed by atoms with Gasteiger partial charge >= 0.3 is 0 Å². The van der Waals surface area contributed by atoms with Crippen LogP contribution in [0.15, 0.2) is 12.3 Å². The lowest BCUT2D eigenvalue weighted by Crippen LogP contribution is -2.39. The molecule has 2 fully saturated rings. The van der Waals surface area contributed by atoms with Crippen molar-refractivity contribution in [2.45, 2.75) is 30.7 Å². The highest BCUT2D eigenvalue weighted by atomic mass is 28.3. The van der Waals surface area contributed by atoms with Crippen molar-refractivity contribution in [3.63, 3.8) is 0 Å². The molecule has 0 bridgehead atoms. The van der Waals surface area contributed by atoms with E-state index in [9.17, 15) is 0 Å². The van der Waals surface area contributed by atoms with Crippen LogP contribution in [0.2, 0.25) is 0 Å². The van der Waals surface area contributed by atoms with Gasteiger partial charge in [0, 0.05) is 6.61 Å². The lowest BCUT2D eigenvalue weighted by Gasteiger charge is -2.26. The molecular formula is C9H16O2Si. The van der Waals surface area contributed by atoms with Gasteiger partial charge in [-0.3, -0.25) is 0 Å². The zero-order chi connectivity index (χ0) is 8.39. The fraction of sp³-hybridized carbons (Fsp3) is 0.778. The summed E-state index contributed by atoms with van der Waals surface area (Å²) < 4.78 is 11.1. The molecule has 0 N–H and O–H groups in total. The molecule has 2 rings (SSSR count). The molecule has 2 aliphatic rings. The molecule has 2 aliphatic heterocycles. The molecule has 0 saturated carbocycles. The van der Waals surface area contributed by atoms with Gasteiger partial charge in [-0.1, -0.05) is 5.70 Å².